The van der Waals surface area contributed by atoms with Crippen molar-refractivity contribution in [3.63, 3.8) is 0 Å². The maximum absolute atomic E-state index is 12.1. The summed E-state index contributed by atoms with van der Waals surface area (Å²) in [7, 11) is 0. The van der Waals surface area contributed by atoms with Gasteiger partial charge in [-0.1, -0.05) is 6.92 Å². The van der Waals surface area contributed by atoms with Gasteiger partial charge in [-0.3, -0.25) is 4.79 Å². The first-order chi connectivity index (χ1) is 8.99. The predicted octanol–water partition coefficient (Wildman–Crippen LogP) is 0.874. The summed E-state index contributed by atoms with van der Waals surface area (Å²) in [5.74, 6) is -0.758. The molecule has 1 aromatic heterocycles. The fraction of sp³-hybridized carbons (Fsp3) is 0.583. The van der Waals surface area contributed by atoms with E-state index in [-0.39, 0.29) is 23.6 Å². The Balaban J connectivity index is 1.98. The average molecular weight is 283 g/mol. The Morgan fingerprint density at radius 3 is 2.84 bits per heavy atom. The van der Waals surface area contributed by atoms with Crippen LogP contribution >= 0.6 is 11.3 Å². The lowest BCUT2D eigenvalue weighted by Gasteiger charge is -2.17. The highest BCUT2D eigenvalue weighted by Gasteiger charge is 2.30. The molecule has 0 spiro atoms. The summed E-state index contributed by atoms with van der Waals surface area (Å²) >= 11 is 1.25. The van der Waals surface area contributed by atoms with Crippen molar-refractivity contribution in [2.75, 3.05) is 13.1 Å². The van der Waals surface area contributed by atoms with Crippen molar-refractivity contribution in [3.8, 4) is 0 Å². The number of carboxylic acid groups (broad SMARTS) is 1. The third kappa shape index (κ3) is 3.10. The van der Waals surface area contributed by atoms with E-state index in [1.165, 1.54) is 16.7 Å². The SMILES string of the molecule is CC(NC(=O)C1CNCC1C)c1nc(C(=O)O)cs1. The van der Waals surface area contributed by atoms with Gasteiger partial charge in [-0.25, -0.2) is 9.78 Å². The van der Waals surface area contributed by atoms with Gasteiger partial charge in [0.05, 0.1) is 12.0 Å². The van der Waals surface area contributed by atoms with Gasteiger partial charge in [-0.2, -0.15) is 0 Å². The van der Waals surface area contributed by atoms with E-state index >= 15 is 0 Å². The minimum absolute atomic E-state index is 0.00271. The summed E-state index contributed by atoms with van der Waals surface area (Å²) < 4.78 is 0. The largest absolute Gasteiger partial charge is 0.476 e. The zero-order valence-electron chi connectivity index (χ0n) is 10.8. The number of hydrogen-bond donors (Lipinski definition) is 3. The van der Waals surface area contributed by atoms with Crippen LogP contribution in [0.5, 0.6) is 0 Å². The van der Waals surface area contributed by atoms with Crippen molar-refractivity contribution >= 4 is 23.2 Å². The lowest BCUT2D eigenvalue weighted by Crippen LogP contribution is -2.35. The zero-order chi connectivity index (χ0) is 14.0. The lowest BCUT2D eigenvalue weighted by molar-refractivity contribution is -0.126. The molecular weight excluding hydrogens is 266 g/mol. The Morgan fingerprint density at radius 2 is 2.32 bits per heavy atom. The number of nitrogens with one attached hydrogen (secondary N) is 2. The summed E-state index contributed by atoms with van der Waals surface area (Å²) in [6.07, 6.45) is 0. The smallest absolute Gasteiger partial charge is 0.355 e. The van der Waals surface area contributed by atoms with Gasteiger partial charge in [0.1, 0.15) is 5.01 Å². The first kappa shape index (κ1) is 14.0. The Kier molecular flexibility index (Phi) is 4.16. The number of carbonyl (C=O) groups excluding carboxylic acids is 1. The van der Waals surface area contributed by atoms with Gasteiger partial charge < -0.3 is 15.7 Å². The van der Waals surface area contributed by atoms with Crippen LogP contribution in [0.15, 0.2) is 5.38 Å². The lowest BCUT2D eigenvalue weighted by atomic mass is 9.97. The first-order valence-electron chi connectivity index (χ1n) is 6.19. The maximum atomic E-state index is 12.1. The van der Waals surface area contributed by atoms with Crippen LogP contribution in [0.1, 0.15) is 35.4 Å². The Bertz CT molecular complexity index is 488. The number of thiazole rings is 1. The van der Waals surface area contributed by atoms with Crippen LogP contribution in [-0.2, 0) is 4.79 Å². The molecule has 19 heavy (non-hydrogen) atoms. The van der Waals surface area contributed by atoms with Crippen molar-refractivity contribution < 1.29 is 14.7 Å². The second-order valence-electron chi connectivity index (χ2n) is 4.85. The Morgan fingerprint density at radius 1 is 1.58 bits per heavy atom. The summed E-state index contributed by atoms with van der Waals surface area (Å²) in [5, 5.41) is 17.0. The molecule has 0 aliphatic carbocycles. The van der Waals surface area contributed by atoms with Gasteiger partial charge in [0.25, 0.3) is 0 Å². The summed E-state index contributed by atoms with van der Waals surface area (Å²) in [5.41, 5.74) is 0.0250. The quantitative estimate of drug-likeness (QED) is 0.763. The molecule has 1 amide bonds. The molecule has 3 unspecified atom stereocenters. The van der Waals surface area contributed by atoms with Crippen LogP contribution in [0.3, 0.4) is 0 Å². The fourth-order valence-electron chi connectivity index (χ4n) is 2.13. The molecule has 1 aliphatic rings. The molecule has 0 radical (unpaired) electrons. The molecular formula is C12H17N3O3S. The van der Waals surface area contributed by atoms with Crippen LogP contribution in [0.2, 0.25) is 0 Å². The average Bonchev–Trinajstić information content (AvgIpc) is 2.96. The normalized spacial score (nSPS) is 24.1. The number of aromatic nitrogens is 1. The number of hydrogen-bond acceptors (Lipinski definition) is 5. The minimum atomic E-state index is -1.05. The highest BCUT2D eigenvalue weighted by molar-refractivity contribution is 7.09. The number of rotatable bonds is 4. The number of aromatic carboxylic acids is 1. The van der Waals surface area contributed by atoms with Gasteiger partial charge in [0.15, 0.2) is 5.69 Å². The Labute approximate surface area is 115 Å². The van der Waals surface area contributed by atoms with E-state index in [1.54, 1.807) is 0 Å². The summed E-state index contributed by atoms with van der Waals surface area (Å²) in [6, 6.07) is -0.265. The second kappa shape index (κ2) is 5.66. The van der Waals surface area contributed by atoms with E-state index in [2.05, 4.69) is 15.6 Å². The third-order valence-electron chi connectivity index (χ3n) is 3.32. The summed E-state index contributed by atoms with van der Waals surface area (Å²) in [6.45, 7) is 5.40. The molecule has 6 nitrogen and oxygen atoms in total. The second-order valence-corrected chi connectivity index (χ2v) is 5.74. The van der Waals surface area contributed by atoms with Crippen LogP contribution in [0.25, 0.3) is 0 Å². The molecule has 1 fully saturated rings. The number of amides is 1. The van der Waals surface area contributed by atoms with Crippen LogP contribution < -0.4 is 10.6 Å². The van der Waals surface area contributed by atoms with Gasteiger partial charge >= 0.3 is 5.97 Å². The number of carbonyl (C=O) groups is 2. The number of carboxylic acids is 1. The van der Waals surface area contributed by atoms with Crippen LogP contribution in [0, 0.1) is 11.8 Å². The topological polar surface area (TPSA) is 91.3 Å². The van der Waals surface area contributed by atoms with Crippen LogP contribution in [0.4, 0.5) is 0 Å². The molecule has 3 N–H and O–H groups in total. The van der Waals surface area contributed by atoms with Crippen molar-refractivity contribution in [1.29, 1.82) is 0 Å². The van der Waals surface area contributed by atoms with Crippen molar-refractivity contribution in [2.45, 2.75) is 19.9 Å². The van der Waals surface area contributed by atoms with E-state index in [1.807, 2.05) is 13.8 Å². The van der Waals surface area contributed by atoms with E-state index < -0.39 is 5.97 Å². The minimum Gasteiger partial charge on any atom is -0.476 e. The van der Waals surface area contributed by atoms with E-state index in [0.29, 0.717) is 17.5 Å². The fourth-order valence-corrected chi connectivity index (χ4v) is 2.93. The number of nitrogens with zero attached hydrogens (tertiary/aromatic N) is 1. The van der Waals surface area contributed by atoms with Crippen molar-refractivity contribution in [1.82, 2.24) is 15.6 Å². The molecule has 104 valence electrons. The molecule has 0 aromatic carbocycles. The molecule has 0 bridgehead atoms. The molecule has 1 aliphatic heterocycles. The van der Waals surface area contributed by atoms with Gasteiger partial charge in [-0.15, -0.1) is 11.3 Å². The highest BCUT2D eigenvalue weighted by Crippen LogP contribution is 2.21. The van der Waals surface area contributed by atoms with E-state index in [9.17, 15) is 9.59 Å². The van der Waals surface area contributed by atoms with Crippen molar-refractivity contribution in [3.05, 3.63) is 16.1 Å². The molecule has 3 atom stereocenters. The van der Waals surface area contributed by atoms with Gasteiger partial charge in [0, 0.05) is 11.9 Å². The first-order valence-corrected chi connectivity index (χ1v) is 7.06. The monoisotopic (exact) mass is 283 g/mol. The van der Waals surface area contributed by atoms with Crippen LogP contribution in [-0.4, -0.2) is 35.1 Å². The predicted molar refractivity (Wildman–Crippen MR) is 71.2 cm³/mol. The third-order valence-corrected chi connectivity index (χ3v) is 4.35. The van der Waals surface area contributed by atoms with Gasteiger partial charge in [0.2, 0.25) is 5.91 Å². The Hall–Kier alpha value is -1.47. The van der Waals surface area contributed by atoms with Gasteiger partial charge in [-0.05, 0) is 19.4 Å². The van der Waals surface area contributed by atoms with E-state index in [0.717, 1.165) is 6.54 Å². The summed E-state index contributed by atoms with van der Waals surface area (Å²) in [4.78, 5) is 26.8. The molecule has 2 rings (SSSR count). The molecule has 0 saturated carbocycles. The highest BCUT2D eigenvalue weighted by atomic mass is 32.1. The molecule has 1 saturated heterocycles. The zero-order valence-corrected chi connectivity index (χ0v) is 11.7. The maximum Gasteiger partial charge on any atom is 0.355 e. The molecule has 1 aromatic rings. The molecule has 7 heteroatoms. The van der Waals surface area contributed by atoms with Crippen molar-refractivity contribution in [2.24, 2.45) is 11.8 Å². The molecule has 2 heterocycles. The van der Waals surface area contributed by atoms with E-state index in [4.69, 9.17) is 5.11 Å². The standard InChI is InChI=1S/C12H17N3O3S/c1-6-3-13-4-8(6)10(16)14-7(2)11-15-9(5-19-11)12(17)18/h5-8,13H,3-4H2,1-2H3,(H,14,16)(H,17,18).